The number of nitrogens with zero attached hydrogens (tertiary/aromatic N) is 1. The lowest BCUT2D eigenvalue weighted by Gasteiger charge is -2.06. The molecule has 0 spiro atoms. The minimum atomic E-state index is 0.521. The van der Waals surface area contributed by atoms with E-state index in [1.165, 1.54) is 0 Å². The molecule has 82 valence electrons. The maximum Gasteiger partial charge on any atom is 0.0444 e. The van der Waals surface area contributed by atoms with E-state index in [9.17, 15) is 0 Å². The van der Waals surface area contributed by atoms with E-state index in [1.807, 2.05) is 36.5 Å². The molecule has 1 aromatic heterocycles. The van der Waals surface area contributed by atoms with E-state index in [0.29, 0.717) is 6.54 Å². The SMILES string of the molecule is NCc1ccc(Cc2cccnc2)c(Cl)c1. The second kappa shape index (κ2) is 5.10. The normalized spacial score (nSPS) is 10.4. The molecule has 2 N–H and O–H groups in total. The van der Waals surface area contributed by atoms with Crippen molar-refractivity contribution >= 4 is 11.6 Å². The van der Waals surface area contributed by atoms with Gasteiger partial charge in [-0.15, -0.1) is 0 Å². The zero-order valence-electron chi connectivity index (χ0n) is 8.86. The van der Waals surface area contributed by atoms with E-state index < -0.39 is 0 Å². The molecule has 0 radical (unpaired) electrons. The summed E-state index contributed by atoms with van der Waals surface area (Å²) in [5, 5.41) is 0.770. The third-order valence-electron chi connectivity index (χ3n) is 2.47. The largest absolute Gasteiger partial charge is 0.326 e. The molecule has 0 bridgehead atoms. The molecule has 0 fully saturated rings. The number of hydrogen-bond donors (Lipinski definition) is 1. The van der Waals surface area contributed by atoms with Gasteiger partial charge in [0.1, 0.15) is 0 Å². The van der Waals surface area contributed by atoms with Gasteiger partial charge in [-0.25, -0.2) is 0 Å². The number of hydrogen-bond acceptors (Lipinski definition) is 2. The van der Waals surface area contributed by atoms with Gasteiger partial charge >= 0.3 is 0 Å². The molecule has 1 aromatic carbocycles. The van der Waals surface area contributed by atoms with Crippen molar-refractivity contribution in [2.24, 2.45) is 5.73 Å². The predicted octanol–water partition coefficient (Wildman–Crippen LogP) is 2.78. The van der Waals surface area contributed by atoms with Crippen molar-refractivity contribution in [3.63, 3.8) is 0 Å². The summed E-state index contributed by atoms with van der Waals surface area (Å²) in [6.07, 6.45) is 4.42. The minimum absolute atomic E-state index is 0.521. The summed E-state index contributed by atoms with van der Waals surface area (Å²) >= 11 is 6.18. The Morgan fingerprint density at radius 1 is 1.19 bits per heavy atom. The molecule has 2 nitrogen and oxygen atoms in total. The number of aromatic nitrogens is 1. The number of benzene rings is 1. The van der Waals surface area contributed by atoms with Gasteiger partial charge in [-0.3, -0.25) is 4.98 Å². The van der Waals surface area contributed by atoms with Crippen LogP contribution in [-0.2, 0) is 13.0 Å². The predicted molar refractivity (Wildman–Crippen MR) is 66.4 cm³/mol. The average molecular weight is 233 g/mol. The lowest BCUT2D eigenvalue weighted by atomic mass is 10.0. The van der Waals surface area contributed by atoms with Gasteiger partial charge in [0.05, 0.1) is 0 Å². The fourth-order valence-corrected chi connectivity index (χ4v) is 1.85. The third-order valence-corrected chi connectivity index (χ3v) is 2.82. The smallest absolute Gasteiger partial charge is 0.0444 e. The summed E-state index contributed by atoms with van der Waals surface area (Å²) in [7, 11) is 0. The highest BCUT2D eigenvalue weighted by atomic mass is 35.5. The second-order valence-corrected chi connectivity index (χ2v) is 4.08. The van der Waals surface area contributed by atoms with Crippen molar-refractivity contribution in [3.8, 4) is 0 Å². The summed E-state index contributed by atoms with van der Waals surface area (Å²) < 4.78 is 0. The number of halogens is 1. The van der Waals surface area contributed by atoms with E-state index in [0.717, 1.165) is 28.1 Å². The molecule has 1 heterocycles. The Kier molecular flexibility index (Phi) is 3.54. The van der Waals surface area contributed by atoms with E-state index in [4.69, 9.17) is 17.3 Å². The fourth-order valence-electron chi connectivity index (χ4n) is 1.58. The maximum atomic E-state index is 6.18. The lowest BCUT2D eigenvalue weighted by Crippen LogP contribution is -1.97. The Balaban J connectivity index is 2.22. The van der Waals surface area contributed by atoms with Crippen LogP contribution < -0.4 is 5.73 Å². The van der Waals surface area contributed by atoms with Gasteiger partial charge in [-0.05, 0) is 28.8 Å². The van der Waals surface area contributed by atoms with Crippen molar-refractivity contribution in [3.05, 3.63) is 64.4 Å². The van der Waals surface area contributed by atoms with Crippen LogP contribution in [0.25, 0.3) is 0 Å². The molecular formula is C13H13ClN2. The van der Waals surface area contributed by atoms with Crippen molar-refractivity contribution in [2.75, 3.05) is 0 Å². The van der Waals surface area contributed by atoms with Gasteiger partial charge in [-0.1, -0.05) is 29.8 Å². The van der Waals surface area contributed by atoms with Crippen LogP contribution in [0, 0.1) is 0 Å². The highest BCUT2D eigenvalue weighted by Gasteiger charge is 2.02. The van der Waals surface area contributed by atoms with E-state index in [1.54, 1.807) is 6.20 Å². The van der Waals surface area contributed by atoms with Gasteiger partial charge in [0.2, 0.25) is 0 Å². The lowest BCUT2D eigenvalue weighted by molar-refractivity contribution is 1.06. The van der Waals surface area contributed by atoms with E-state index in [2.05, 4.69) is 4.98 Å². The molecule has 2 rings (SSSR count). The second-order valence-electron chi connectivity index (χ2n) is 3.67. The molecule has 0 atom stereocenters. The Labute approximate surface area is 100 Å². The van der Waals surface area contributed by atoms with Gasteiger partial charge in [0.15, 0.2) is 0 Å². The Hall–Kier alpha value is -1.38. The minimum Gasteiger partial charge on any atom is -0.326 e. The number of rotatable bonds is 3. The van der Waals surface area contributed by atoms with Crippen LogP contribution in [0.1, 0.15) is 16.7 Å². The molecule has 0 unspecified atom stereocenters. The highest BCUT2D eigenvalue weighted by molar-refractivity contribution is 6.31. The molecule has 16 heavy (non-hydrogen) atoms. The number of nitrogens with two attached hydrogens (primary N) is 1. The zero-order chi connectivity index (χ0) is 11.4. The summed E-state index contributed by atoms with van der Waals surface area (Å²) in [6, 6.07) is 9.93. The van der Waals surface area contributed by atoms with Gasteiger partial charge in [0.25, 0.3) is 0 Å². The van der Waals surface area contributed by atoms with E-state index >= 15 is 0 Å². The molecule has 0 saturated heterocycles. The van der Waals surface area contributed by atoms with Crippen LogP contribution in [0.15, 0.2) is 42.7 Å². The number of pyridine rings is 1. The van der Waals surface area contributed by atoms with Crippen LogP contribution in [-0.4, -0.2) is 4.98 Å². The molecule has 3 heteroatoms. The summed E-state index contributed by atoms with van der Waals surface area (Å²) in [4.78, 5) is 4.08. The quantitative estimate of drug-likeness (QED) is 0.884. The maximum absolute atomic E-state index is 6.18. The van der Waals surface area contributed by atoms with Crippen LogP contribution in [0.2, 0.25) is 5.02 Å². The van der Waals surface area contributed by atoms with Crippen molar-refractivity contribution in [2.45, 2.75) is 13.0 Å². The Bertz CT molecular complexity index is 469. The van der Waals surface area contributed by atoms with Crippen LogP contribution >= 0.6 is 11.6 Å². The van der Waals surface area contributed by atoms with Crippen LogP contribution in [0.3, 0.4) is 0 Å². The first kappa shape index (κ1) is 11.1. The van der Waals surface area contributed by atoms with Gasteiger partial charge in [-0.2, -0.15) is 0 Å². The zero-order valence-corrected chi connectivity index (χ0v) is 9.61. The molecule has 0 aliphatic carbocycles. The monoisotopic (exact) mass is 232 g/mol. The van der Waals surface area contributed by atoms with Gasteiger partial charge in [0, 0.05) is 30.4 Å². The third kappa shape index (κ3) is 2.60. The molecule has 0 aliphatic heterocycles. The van der Waals surface area contributed by atoms with Crippen LogP contribution in [0.4, 0.5) is 0 Å². The fraction of sp³-hybridized carbons (Fsp3) is 0.154. The Morgan fingerprint density at radius 2 is 2.06 bits per heavy atom. The molecule has 0 aliphatic rings. The standard InChI is InChI=1S/C13H13ClN2/c14-13-7-10(8-15)3-4-12(13)6-11-2-1-5-16-9-11/h1-5,7,9H,6,8,15H2. The molecular weight excluding hydrogens is 220 g/mol. The van der Waals surface area contributed by atoms with Crippen molar-refractivity contribution in [1.82, 2.24) is 4.98 Å². The van der Waals surface area contributed by atoms with Gasteiger partial charge < -0.3 is 5.73 Å². The highest BCUT2D eigenvalue weighted by Crippen LogP contribution is 2.20. The first-order valence-corrected chi connectivity index (χ1v) is 5.53. The first-order valence-electron chi connectivity index (χ1n) is 5.16. The topological polar surface area (TPSA) is 38.9 Å². The molecule has 0 amide bonds. The summed E-state index contributed by atoms with van der Waals surface area (Å²) in [5.74, 6) is 0. The first-order chi connectivity index (χ1) is 7.79. The summed E-state index contributed by atoms with van der Waals surface area (Å²) in [6.45, 7) is 0.521. The van der Waals surface area contributed by atoms with Crippen LogP contribution in [0.5, 0.6) is 0 Å². The molecule has 0 saturated carbocycles. The average Bonchev–Trinajstić information content (AvgIpc) is 2.33. The van der Waals surface area contributed by atoms with Crippen molar-refractivity contribution < 1.29 is 0 Å². The Morgan fingerprint density at radius 3 is 2.69 bits per heavy atom. The molecule has 2 aromatic rings. The van der Waals surface area contributed by atoms with Crippen molar-refractivity contribution in [1.29, 1.82) is 0 Å². The van der Waals surface area contributed by atoms with E-state index in [-0.39, 0.29) is 0 Å². The summed E-state index contributed by atoms with van der Waals surface area (Å²) in [5.41, 5.74) is 8.87.